The van der Waals surface area contributed by atoms with Crippen LogP contribution >= 0.6 is 0 Å². The highest BCUT2D eigenvalue weighted by molar-refractivity contribution is 6.17. The molecule has 4 rings (SSSR count). The zero-order valence-corrected chi connectivity index (χ0v) is 19.0. The SMILES string of the molecule is C=c1ccn(Cc2ccccc2)/c1=C(/C=C\C)C(=O)NC1(c2ccc(C(=O)OC)cc2)CC1. The van der Waals surface area contributed by atoms with Gasteiger partial charge >= 0.3 is 5.97 Å². The van der Waals surface area contributed by atoms with Crippen LogP contribution in [-0.2, 0) is 21.6 Å². The molecule has 1 fully saturated rings. The van der Waals surface area contributed by atoms with Gasteiger partial charge in [0.15, 0.2) is 0 Å². The molecule has 1 saturated carbocycles. The quantitative estimate of drug-likeness (QED) is 0.574. The van der Waals surface area contributed by atoms with Crippen LogP contribution in [0.5, 0.6) is 0 Å². The molecule has 0 spiro atoms. The molecule has 1 N–H and O–H groups in total. The predicted molar refractivity (Wildman–Crippen MR) is 130 cm³/mol. The van der Waals surface area contributed by atoms with Gasteiger partial charge in [-0.15, -0.1) is 0 Å². The van der Waals surface area contributed by atoms with Crippen LogP contribution in [0, 0.1) is 0 Å². The number of carbonyl (C=O) groups is 2. The number of allylic oxidation sites excluding steroid dienone is 1. The molecule has 3 aromatic rings. The number of aromatic nitrogens is 1. The normalized spacial score (nSPS) is 15.2. The van der Waals surface area contributed by atoms with Gasteiger partial charge in [-0.3, -0.25) is 4.79 Å². The first-order valence-corrected chi connectivity index (χ1v) is 11.0. The maximum Gasteiger partial charge on any atom is 0.337 e. The number of esters is 1. The van der Waals surface area contributed by atoms with Gasteiger partial charge in [0.05, 0.1) is 29.1 Å². The minimum Gasteiger partial charge on any atom is -0.465 e. The Morgan fingerprint density at radius 1 is 1.09 bits per heavy atom. The third kappa shape index (κ3) is 4.67. The van der Waals surface area contributed by atoms with Gasteiger partial charge in [0.2, 0.25) is 0 Å². The van der Waals surface area contributed by atoms with Gasteiger partial charge in [-0.25, -0.2) is 4.79 Å². The molecule has 1 aromatic heterocycles. The van der Waals surface area contributed by atoms with E-state index in [1.807, 2.05) is 61.7 Å². The average molecular weight is 441 g/mol. The molecule has 0 saturated heterocycles. The van der Waals surface area contributed by atoms with Crippen molar-refractivity contribution in [2.24, 2.45) is 0 Å². The van der Waals surface area contributed by atoms with Crippen molar-refractivity contribution >= 4 is 24.0 Å². The number of ether oxygens (including phenoxy) is 1. The maximum absolute atomic E-state index is 13.5. The number of hydrogen-bond donors (Lipinski definition) is 1. The highest BCUT2D eigenvalue weighted by atomic mass is 16.5. The van der Waals surface area contributed by atoms with E-state index in [1.54, 1.807) is 12.1 Å². The van der Waals surface area contributed by atoms with Gasteiger partial charge in [-0.1, -0.05) is 61.2 Å². The number of nitrogens with one attached hydrogen (secondary N) is 1. The topological polar surface area (TPSA) is 60.3 Å². The Balaban J connectivity index is 1.67. The van der Waals surface area contributed by atoms with Crippen LogP contribution < -0.4 is 15.9 Å². The second-order valence-electron chi connectivity index (χ2n) is 8.32. The summed E-state index contributed by atoms with van der Waals surface area (Å²) in [5.41, 5.74) is 2.79. The molecule has 1 amide bonds. The van der Waals surface area contributed by atoms with Crippen LogP contribution in [0.1, 0.15) is 41.3 Å². The lowest BCUT2D eigenvalue weighted by Gasteiger charge is -2.19. The van der Waals surface area contributed by atoms with E-state index in [4.69, 9.17) is 4.74 Å². The molecular formula is C28H28N2O3. The van der Waals surface area contributed by atoms with Gasteiger partial charge in [0.1, 0.15) is 0 Å². The summed E-state index contributed by atoms with van der Waals surface area (Å²) in [6, 6.07) is 19.3. The predicted octanol–water partition coefficient (Wildman–Crippen LogP) is 3.27. The number of methoxy groups -OCH3 is 1. The molecule has 5 nitrogen and oxygen atoms in total. The third-order valence-corrected chi connectivity index (χ3v) is 6.04. The summed E-state index contributed by atoms with van der Waals surface area (Å²) in [5.74, 6) is -0.512. The second-order valence-corrected chi connectivity index (χ2v) is 8.32. The summed E-state index contributed by atoms with van der Waals surface area (Å²) in [5, 5.41) is 4.87. The van der Waals surface area contributed by atoms with Gasteiger partial charge < -0.3 is 14.6 Å². The standard InChI is InChI=1S/C28H28N2O3/c1-4-8-24(25-20(2)15-18-30(25)19-21-9-6-5-7-10-21)26(31)29-28(16-17-28)23-13-11-22(12-14-23)27(32)33-3/h4-15,18H,2,16-17,19H2,1,3H3,(H,29,31)/b8-4-,25-24-. The Labute approximate surface area is 193 Å². The zero-order valence-electron chi connectivity index (χ0n) is 19.0. The Kier molecular flexibility index (Phi) is 6.31. The number of amides is 1. The molecule has 0 atom stereocenters. The molecule has 33 heavy (non-hydrogen) atoms. The molecule has 0 bridgehead atoms. The highest BCUT2D eigenvalue weighted by Crippen LogP contribution is 2.45. The Hall–Kier alpha value is -3.86. The van der Waals surface area contributed by atoms with Gasteiger partial charge in [-0.05, 0) is 54.3 Å². The minimum atomic E-state index is -0.420. The molecule has 0 radical (unpaired) electrons. The minimum absolute atomic E-state index is 0.138. The maximum atomic E-state index is 13.5. The molecular weight excluding hydrogens is 412 g/mol. The summed E-state index contributed by atoms with van der Waals surface area (Å²) >= 11 is 0. The smallest absolute Gasteiger partial charge is 0.337 e. The fourth-order valence-electron chi connectivity index (χ4n) is 4.12. The van der Waals surface area contributed by atoms with Crippen molar-refractivity contribution in [2.45, 2.75) is 31.8 Å². The van der Waals surface area contributed by atoms with Crippen molar-refractivity contribution < 1.29 is 14.3 Å². The zero-order chi connectivity index (χ0) is 23.4. The third-order valence-electron chi connectivity index (χ3n) is 6.04. The molecule has 5 heteroatoms. The number of nitrogens with zero attached hydrogens (tertiary/aromatic N) is 1. The Morgan fingerprint density at radius 2 is 1.79 bits per heavy atom. The van der Waals surface area contributed by atoms with Gasteiger partial charge in [-0.2, -0.15) is 0 Å². The van der Waals surface area contributed by atoms with Crippen LogP contribution in [0.4, 0.5) is 0 Å². The first-order chi connectivity index (χ1) is 16.0. The van der Waals surface area contributed by atoms with Crippen molar-refractivity contribution in [2.75, 3.05) is 7.11 Å². The van der Waals surface area contributed by atoms with Crippen LogP contribution in [0.2, 0.25) is 0 Å². The Morgan fingerprint density at radius 3 is 2.39 bits per heavy atom. The van der Waals surface area contributed by atoms with E-state index in [-0.39, 0.29) is 11.9 Å². The van der Waals surface area contributed by atoms with Gasteiger partial charge in [0, 0.05) is 12.7 Å². The number of hydrogen-bond acceptors (Lipinski definition) is 3. The van der Waals surface area contributed by atoms with Crippen LogP contribution in [-0.4, -0.2) is 23.6 Å². The lowest BCUT2D eigenvalue weighted by molar-refractivity contribution is -0.116. The van der Waals surface area contributed by atoms with Crippen molar-refractivity contribution in [3.8, 4) is 0 Å². The van der Waals surface area contributed by atoms with Crippen molar-refractivity contribution in [3.05, 3.63) is 106 Å². The summed E-state index contributed by atoms with van der Waals surface area (Å²) < 4.78 is 6.85. The summed E-state index contributed by atoms with van der Waals surface area (Å²) in [7, 11) is 1.36. The monoisotopic (exact) mass is 440 g/mol. The molecule has 168 valence electrons. The molecule has 1 aliphatic carbocycles. The summed E-state index contributed by atoms with van der Waals surface area (Å²) in [4.78, 5) is 25.3. The average Bonchev–Trinajstić information content (AvgIpc) is 3.54. The summed E-state index contributed by atoms with van der Waals surface area (Å²) in [6.07, 6.45) is 7.39. The fraction of sp³-hybridized carbons (Fsp3) is 0.214. The number of benzene rings is 2. The van der Waals surface area contributed by atoms with Crippen molar-refractivity contribution in [1.29, 1.82) is 0 Å². The highest BCUT2D eigenvalue weighted by Gasteiger charge is 2.46. The van der Waals surface area contributed by atoms with E-state index in [0.29, 0.717) is 17.7 Å². The van der Waals surface area contributed by atoms with Crippen molar-refractivity contribution in [3.63, 3.8) is 0 Å². The fourth-order valence-corrected chi connectivity index (χ4v) is 4.12. The molecule has 0 aliphatic heterocycles. The van der Waals surface area contributed by atoms with Crippen LogP contribution in [0.15, 0.2) is 79.0 Å². The van der Waals surface area contributed by atoms with Crippen LogP contribution in [0.25, 0.3) is 12.2 Å². The first-order valence-electron chi connectivity index (χ1n) is 11.0. The van der Waals surface area contributed by atoms with E-state index in [9.17, 15) is 9.59 Å². The van der Waals surface area contributed by atoms with E-state index < -0.39 is 5.54 Å². The van der Waals surface area contributed by atoms with E-state index in [2.05, 4.69) is 28.6 Å². The number of rotatable bonds is 7. The molecule has 2 aromatic carbocycles. The number of carbonyl (C=O) groups excluding carboxylic acids is 2. The largest absolute Gasteiger partial charge is 0.465 e. The first kappa shape index (κ1) is 22.3. The van der Waals surface area contributed by atoms with E-state index in [0.717, 1.165) is 34.5 Å². The van der Waals surface area contributed by atoms with Gasteiger partial charge in [0.25, 0.3) is 5.91 Å². The van der Waals surface area contributed by atoms with E-state index >= 15 is 0 Å². The lowest BCUT2D eigenvalue weighted by atomic mass is 10.0. The lowest BCUT2D eigenvalue weighted by Crippen LogP contribution is -2.40. The van der Waals surface area contributed by atoms with Crippen LogP contribution in [0.3, 0.4) is 0 Å². The Bertz CT molecular complexity index is 1300. The van der Waals surface area contributed by atoms with Crippen molar-refractivity contribution in [1.82, 2.24) is 9.88 Å². The summed E-state index contributed by atoms with van der Waals surface area (Å²) in [6.45, 7) is 6.73. The molecule has 1 aliphatic rings. The molecule has 0 unspecified atom stereocenters. The second kappa shape index (κ2) is 9.33. The van der Waals surface area contributed by atoms with E-state index in [1.165, 1.54) is 7.11 Å². The molecule has 1 heterocycles.